The van der Waals surface area contributed by atoms with Gasteiger partial charge in [-0.3, -0.25) is 14.7 Å². The Morgan fingerprint density at radius 2 is 2.04 bits per heavy atom. The number of carboxylic acid groups (broad SMARTS) is 1. The number of methoxy groups -OCH3 is 1. The first-order valence-corrected chi connectivity index (χ1v) is 9.20. The van der Waals surface area contributed by atoms with Gasteiger partial charge in [-0.2, -0.15) is 5.10 Å². The van der Waals surface area contributed by atoms with Crippen LogP contribution in [0.2, 0.25) is 0 Å². The number of hydrogen-bond donors (Lipinski definition) is 3. The van der Waals surface area contributed by atoms with Crippen molar-refractivity contribution in [2.75, 3.05) is 14.2 Å². The SMILES string of the molecule is COc1ccc2[nH]nc(C(=O)NC3CC4CCCC(C3)N4C)c2c1.O=CO. The number of fused-ring (bicyclic) bond motifs is 3. The molecule has 1 amide bonds. The topological polar surface area (TPSA) is 108 Å². The lowest BCUT2D eigenvalue weighted by atomic mass is 9.82. The summed E-state index contributed by atoms with van der Waals surface area (Å²) < 4.78 is 5.26. The fourth-order valence-corrected chi connectivity index (χ4v) is 4.28. The summed E-state index contributed by atoms with van der Waals surface area (Å²) in [6.45, 7) is -0.250. The van der Waals surface area contributed by atoms with E-state index < -0.39 is 0 Å². The van der Waals surface area contributed by atoms with Crippen LogP contribution < -0.4 is 10.1 Å². The molecule has 2 bridgehead atoms. The molecule has 8 nitrogen and oxygen atoms in total. The van der Waals surface area contributed by atoms with Crippen LogP contribution >= 0.6 is 0 Å². The Bertz CT molecular complexity index is 792. The molecule has 1 aromatic heterocycles. The second-order valence-corrected chi connectivity index (χ2v) is 7.13. The van der Waals surface area contributed by atoms with Gasteiger partial charge in [0.1, 0.15) is 5.75 Å². The van der Waals surface area contributed by atoms with Gasteiger partial charge in [-0.05, 0) is 50.9 Å². The highest BCUT2D eigenvalue weighted by Crippen LogP contribution is 2.33. The number of rotatable bonds is 3. The van der Waals surface area contributed by atoms with Gasteiger partial charge in [0.15, 0.2) is 5.69 Å². The molecule has 2 atom stereocenters. The minimum atomic E-state index is -0.250. The summed E-state index contributed by atoms with van der Waals surface area (Å²) in [7, 11) is 3.85. The van der Waals surface area contributed by atoms with E-state index >= 15 is 0 Å². The molecule has 3 heterocycles. The predicted octanol–water partition coefficient (Wildman–Crippen LogP) is 2.02. The minimum absolute atomic E-state index is 0.0953. The number of hydrogen-bond acceptors (Lipinski definition) is 5. The summed E-state index contributed by atoms with van der Waals surface area (Å²) in [5.41, 5.74) is 1.30. The molecule has 3 N–H and O–H groups in total. The molecule has 2 aromatic rings. The van der Waals surface area contributed by atoms with Gasteiger partial charge in [-0.15, -0.1) is 0 Å². The maximum atomic E-state index is 12.7. The molecule has 4 rings (SSSR count). The lowest BCUT2D eigenvalue weighted by Crippen LogP contribution is -2.55. The van der Waals surface area contributed by atoms with E-state index in [-0.39, 0.29) is 18.4 Å². The number of carbonyl (C=O) groups is 2. The van der Waals surface area contributed by atoms with E-state index in [1.165, 1.54) is 19.3 Å². The number of ether oxygens (including phenoxy) is 1. The van der Waals surface area contributed by atoms with Gasteiger partial charge in [-0.1, -0.05) is 6.42 Å². The van der Waals surface area contributed by atoms with Crippen molar-refractivity contribution in [2.45, 2.75) is 50.2 Å². The summed E-state index contributed by atoms with van der Waals surface area (Å²) in [5.74, 6) is 0.633. The van der Waals surface area contributed by atoms with Crippen molar-refractivity contribution in [3.8, 4) is 5.75 Å². The molecule has 2 aliphatic heterocycles. The summed E-state index contributed by atoms with van der Waals surface area (Å²) >= 11 is 0. The Labute approximate surface area is 157 Å². The van der Waals surface area contributed by atoms with Crippen LogP contribution in [0.1, 0.15) is 42.6 Å². The first-order valence-electron chi connectivity index (χ1n) is 9.20. The highest BCUT2D eigenvalue weighted by atomic mass is 16.5. The van der Waals surface area contributed by atoms with E-state index in [1.807, 2.05) is 18.2 Å². The van der Waals surface area contributed by atoms with Crippen molar-refractivity contribution in [3.05, 3.63) is 23.9 Å². The average molecular weight is 374 g/mol. The van der Waals surface area contributed by atoms with Crippen molar-refractivity contribution in [2.24, 2.45) is 0 Å². The molecule has 2 saturated heterocycles. The van der Waals surface area contributed by atoms with E-state index in [0.29, 0.717) is 17.8 Å². The van der Waals surface area contributed by atoms with Crippen LogP contribution in [0, 0.1) is 0 Å². The van der Waals surface area contributed by atoms with Gasteiger partial charge in [0.25, 0.3) is 12.4 Å². The second-order valence-electron chi connectivity index (χ2n) is 7.13. The number of benzene rings is 1. The molecule has 8 heteroatoms. The number of carbonyl (C=O) groups excluding carboxylic acids is 1. The lowest BCUT2D eigenvalue weighted by Gasteiger charge is -2.47. The van der Waals surface area contributed by atoms with Crippen molar-refractivity contribution in [3.63, 3.8) is 0 Å². The van der Waals surface area contributed by atoms with E-state index in [9.17, 15) is 4.79 Å². The smallest absolute Gasteiger partial charge is 0.290 e. The Balaban J connectivity index is 0.000000659. The zero-order valence-corrected chi connectivity index (χ0v) is 15.6. The van der Waals surface area contributed by atoms with E-state index in [0.717, 1.165) is 29.5 Å². The van der Waals surface area contributed by atoms with Gasteiger partial charge in [0, 0.05) is 23.5 Å². The summed E-state index contributed by atoms with van der Waals surface area (Å²) in [4.78, 5) is 23.6. The predicted molar refractivity (Wildman–Crippen MR) is 101 cm³/mol. The lowest BCUT2D eigenvalue weighted by molar-refractivity contribution is -0.122. The Hall–Kier alpha value is -2.61. The van der Waals surface area contributed by atoms with Gasteiger partial charge in [-0.25, -0.2) is 0 Å². The molecule has 2 fully saturated rings. The highest BCUT2D eigenvalue weighted by Gasteiger charge is 2.36. The van der Waals surface area contributed by atoms with E-state index in [1.54, 1.807) is 7.11 Å². The van der Waals surface area contributed by atoms with E-state index in [4.69, 9.17) is 14.6 Å². The number of nitrogens with zero attached hydrogens (tertiary/aromatic N) is 2. The van der Waals surface area contributed by atoms with Gasteiger partial charge < -0.3 is 20.1 Å². The normalized spacial score (nSPS) is 24.6. The number of piperidine rings is 2. The quantitative estimate of drug-likeness (QED) is 0.710. The number of H-pyrrole nitrogens is 1. The van der Waals surface area contributed by atoms with Crippen LogP contribution in [-0.4, -0.2) is 64.9 Å². The third kappa shape index (κ3) is 4.05. The Morgan fingerprint density at radius 3 is 2.67 bits per heavy atom. The van der Waals surface area contributed by atoms with Gasteiger partial charge in [0.2, 0.25) is 0 Å². The Morgan fingerprint density at radius 1 is 1.37 bits per heavy atom. The first-order chi connectivity index (χ1) is 13.1. The number of aromatic amines is 1. The van der Waals surface area contributed by atoms with Crippen LogP contribution in [0.4, 0.5) is 0 Å². The average Bonchev–Trinajstić information content (AvgIpc) is 3.06. The fraction of sp³-hybridized carbons (Fsp3) is 0.526. The molecular formula is C19H26N4O4. The van der Waals surface area contributed by atoms with Gasteiger partial charge in [0.05, 0.1) is 12.6 Å². The van der Waals surface area contributed by atoms with Crippen molar-refractivity contribution in [1.29, 1.82) is 0 Å². The van der Waals surface area contributed by atoms with Crippen molar-refractivity contribution < 1.29 is 19.4 Å². The van der Waals surface area contributed by atoms with Crippen LogP contribution in [0.25, 0.3) is 10.9 Å². The van der Waals surface area contributed by atoms with Crippen molar-refractivity contribution >= 4 is 23.3 Å². The molecule has 0 radical (unpaired) electrons. The molecular weight excluding hydrogens is 348 g/mol. The molecule has 2 unspecified atom stereocenters. The van der Waals surface area contributed by atoms with Crippen molar-refractivity contribution in [1.82, 2.24) is 20.4 Å². The minimum Gasteiger partial charge on any atom is -0.497 e. The third-order valence-electron chi connectivity index (χ3n) is 5.66. The molecule has 0 saturated carbocycles. The monoisotopic (exact) mass is 374 g/mol. The van der Waals surface area contributed by atoms with Crippen LogP contribution in [0.15, 0.2) is 18.2 Å². The van der Waals surface area contributed by atoms with Crippen LogP contribution in [0.5, 0.6) is 5.75 Å². The zero-order valence-electron chi connectivity index (χ0n) is 15.6. The third-order valence-corrected chi connectivity index (χ3v) is 5.66. The second kappa shape index (κ2) is 8.39. The Kier molecular flexibility index (Phi) is 5.95. The van der Waals surface area contributed by atoms with Crippen LogP contribution in [0.3, 0.4) is 0 Å². The maximum Gasteiger partial charge on any atom is 0.290 e. The number of nitrogens with one attached hydrogen (secondary N) is 2. The van der Waals surface area contributed by atoms with Gasteiger partial charge >= 0.3 is 0 Å². The summed E-state index contributed by atoms with van der Waals surface area (Å²) in [5, 5.41) is 18.1. The fourth-order valence-electron chi connectivity index (χ4n) is 4.28. The molecule has 1 aromatic carbocycles. The number of aromatic nitrogens is 2. The molecule has 2 aliphatic rings. The molecule has 0 spiro atoms. The first kappa shape index (κ1) is 19.2. The highest BCUT2D eigenvalue weighted by molar-refractivity contribution is 6.05. The van der Waals surface area contributed by atoms with E-state index in [2.05, 4.69) is 27.5 Å². The molecule has 0 aliphatic carbocycles. The van der Waals surface area contributed by atoms with Crippen LogP contribution in [-0.2, 0) is 4.79 Å². The zero-order chi connectivity index (χ0) is 19.4. The summed E-state index contributed by atoms with van der Waals surface area (Å²) in [6, 6.07) is 7.04. The molecule has 146 valence electrons. The standard InChI is InChI=1S/C18H24N4O2.CH2O2/c1-22-12-4-3-5-13(22)9-11(8-12)19-18(23)17-15-10-14(24-2)6-7-16(15)20-21-17;2-1-3/h6-7,10-13H,3-5,8-9H2,1-2H3,(H,19,23)(H,20,21);1H,(H,2,3). The molecule has 27 heavy (non-hydrogen) atoms. The maximum absolute atomic E-state index is 12.7. The number of amides is 1. The largest absolute Gasteiger partial charge is 0.497 e. The summed E-state index contributed by atoms with van der Waals surface area (Å²) in [6.07, 6.45) is 5.85.